The highest BCUT2D eigenvalue weighted by atomic mass is 16.5. The van der Waals surface area contributed by atoms with E-state index in [9.17, 15) is 9.90 Å². The molecule has 0 saturated heterocycles. The van der Waals surface area contributed by atoms with Crippen LogP contribution in [-0.2, 0) is 17.6 Å². The molecule has 1 saturated carbocycles. The van der Waals surface area contributed by atoms with Gasteiger partial charge in [0.05, 0.1) is 12.3 Å². The summed E-state index contributed by atoms with van der Waals surface area (Å²) in [5.41, 5.74) is 3.89. The van der Waals surface area contributed by atoms with Crippen LogP contribution in [0.3, 0.4) is 0 Å². The van der Waals surface area contributed by atoms with Gasteiger partial charge in [-0.1, -0.05) is 74.6 Å². The number of rotatable bonds is 11. The molecular formula is C35H39NO5. The molecule has 41 heavy (non-hydrogen) atoms. The van der Waals surface area contributed by atoms with Gasteiger partial charge in [-0.25, -0.2) is 9.78 Å². The first-order valence-electron chi connectivity index (χ1n) is 14.6. The van der Waals surface area contributed by atoms with E-state index < -0.39 is 11.6 Å². The fourth-order valence-corrected chi connectivity index (χ4v) is 5.44. The minimum Gasteiger partial charge on any atom is -0.493 e. The van der Waals surface area contributed by atoms with Crippen LogP contribution in [0.1, 0.15) is 63.0 Å². The Labute approximate surface area is 242 Å². The third kappa shape index (κ3) is 7.18. The number of aliphatic carboxylic acids is 1. The Hall–Kier alpha value is -4.06. The average molecular weight is 554 g/mol. The number of hydrogen-bond donors (Lipinski definition) is 1. The number of carbonyl (C=O) groups is 1. The smallest absolute Gasteiger partial charge is 0.347 e. The Morgan fingerprint density at radius 3 is 2.34 bits per heavy atom. The SMILES string of the molecule is Cc1oc(-c2ccc(-c3ccccc3)cc2)nc1CCOc1ccc(OC(C)(C)C(=O)O)cc1CC1CCCCC1. The van der Waals surface area contributed by atoms with Gasteiger partial charge in [0.15, 0.2) is 5.60 Å². The van der Waals surface area contributed by atoms with Crippen LogP contribution in [0.15, 0.2) is 77.2 Å². The first kappa shape index (κ1) is 28.5. The predicted octanol–water partition coefficient (Wildman–Crippen LogP) is 8.30. The van der Waals surface area contributed by atoms with Crippen molar-refractivity contribution in [1.82, 2.24) is 4.98 Å². The molecule has 0 bridgehead atoms. The molecule has 1 N–H and O–H groups in total. The molecule has 0 aliphatic heterocycles. The summed E-state index contributed by atoms with van der Waals surface area (Å²) in [6.45, 7) is 5.52. The maximum absolute atomic E-state index is 11.6. The van der Waals surface area contributed by atoms with Gasteiger partial charge in [-0.15, -0.1) is 0 Å². The van der Waals surface area contributed by atoms with Crippen molar-refractivity contribution in [2.45, 2.75) is 71.3 Å². The van der Waals surface area contributed by atoms with E-state index in [2.05, 4.69) is 24.3 Å². The number of aryl methyl sites for hydroxylation is 1. The first-order chi connectivity index (χ1) is 19.8. The van der Waals surface area contributed by atoms with Crippen molar-refractivity contribution in [3.05, 3.63) is 89.8 Å². The van der Waals surface area contributed by atoms with E-state index >= 15 is 0 Å². The van der Waals surface area contributed by atoms with Crippen molar-refractivity contribution in [2.24, 2.45) is 5.92 Å². The van der Waals surface area contributed by atoms with Crippen LogP contribution in [0.5, 0.6) is 11.5 Å². The number of oxazole rings is 1. The number of carboxylic acid groups (broad SMARTS) is 1. The molecule has 1 heterocycles. The van der Waals surface area contributed by atoms with Crippen LogP contribution >= 0.6 is 0 Å². The molecule has 5 rings (SSSR count). The third-order valence-electron chi connectivity index (χ3n) is 7.88. The summed E-state index contributed by atoms with van der Waals surface area (Å²) in [6.07, 6.45) is 7.73. The first-order valence-corrected chi connectivity index (χ1v) is 14.6. The molecule has 0 unspecified atom stereocenters. The maximum Gasteiger partial charge on any atom is 0.347 e. The molecule has 1 fully saturated rings. The fraction of sp³-hybridized carbons (Fsp3) is 0.371. The number of benzene rings is 3. The van der Waals surface area contributed by atoms with E-state index in [-0.39, 0.29) is 0 Å². The molecule has 1 aromatic heterocycles. The van der Waals surface area contributed by atoms with Crippen molar-refractivity contribution >= 4 is 5.97 Å². The van der Waals surface area contributed by atoms with Crippen molar-refractivity contribution < 1.29 is 23.8 Å². The summed E-state index contributed by atoms with van der Waals surface area (Å²) < 4.78 is 18.2. The molecule has 3 aromatic carbocycles. The third-order valence-corrected chi connectivity index (χ3v) is 7.88. The highest BCUT2D eigenvalue weighted by Gasteiger charge is 2.30. The lowest BCUT2D eigenvalue weighted by molar-refractivity contribution is -0.152. The van der Waals surface area contributed by atoms with Crippen LogP contribution in [0.25, 0.3) is 22.6 Å². The number of ether oxygens (including phenoxy) is 2. The summed E-state index contributed by atoms with van der Waals surface area (Å²) in [7, 11) is 0. The topological polar surface area (TPSA) is 81.8 Å². The molecule has 0 spiro atoms. The normalized spacial score (nSPS) is 14.1. The van der Waals surface area contributed by atoms with Gasteiger partial charge in [0, 0.05) is 12.0 Å². The van der Waals surface area contributed by atoms with E-state index in [4.69, 9.17) is 18.9 Å². The highest BCUT2D eigenvalue weighted by Crippen LogP contribution is 2.34. The Kier molecular flexibility index (Phi) is 8.77. The molecule has 4 aromatic rings. The van der Waals surface area contributed by atoms with Crippen molar-refractivity contribution in [3.63, 3.8) is 0 Å². The van der Waals surface area contributed by atoms with Crippen LogP contribution in [-0.4, -0.2) is 28.3 Å². The summed E-state index contributed by atoms with van der Waals surface area (Å²) in [5.74, 6) is 2.36. The van der Waals surface area contributed by atoms with Crippen molar-refractivity contribution in [3.8, 4) is 34.1 Å². The lowest BCUT2D eigenvalue weighted by atomic mass is 9.84. The monoisotopic (exact) mass is 553 g/mol. The largest absolute Gasteiger partial charge is 0.493 e. The summed E-state index contributed by atoms with van der Waals surface area (Å²) in [5, 5.41) is 9.50. The Morgan fingerprint density at radius 1 is 0.951 bits per heavy atom. The fourth-order valence-electron chi connectivity index (χ4n) is 5.44. The molecule has 0 atom stereocenters. The molecule has 0 radical (unpaired) electrons. The van der Waals surface area contributed by atoms with Gasteiger partial charge in [0.1, 0.15) is 17.3 Å². The average Bonchev–Trinajstić information content (AvgIpc) is 3.35. The molecule has 0 amide bonds. The van der Waals surface area contributed by atoms with Gasteiger partial charge in [-0.3, -0.25) is 0 Å². The maximum atomic E-state index is 11.6. The van der Waals surface area contributed by atoms with E-state index in [0.29, 0.717) is 30.6 Å². The minimum atomic E-state index is -1.31. The number of aromatic nitrogens is 1. The molecular weight excluding hydrogens is 514 g/mol. The van der Waals surface area contributed by atoms with E-state index in [1.807, 2.05) is 49.4 Å². The molecule has 6 nitrogen and oxygen atoms in total. The standard InChI is InChI=1S/C35H39NO5/c1-24-31(36-33(40-24)28-16-14-27(15-17-28)26-12-8-5-9-13-26)20-21-39-32-19-18-30(41-35(2,3)34(37)38)23-29(32)22-25-10-6-4-7-11-25/h5,8-9,12-19,23,25H,4,6-7,10-11,20-22H2,1-3H3,(H,37,38). The number of carboxylic acids is 1. The second kappa shape index (κ2) is 12.6. The van der Waals surface area contributed by atoms with Crippen LogP contribution in [0.2, 0.25) is 0 Å². The lowest BCUT2D eigenvalue weighted by Gasteiger charge is -2.25. The minimum absolute atomic E-state index is 0.457. The molecule has 214 valence electrons. The Bertz CT molecular complexity index is 1450. The number of hydrogen-bond acceptors (Lipinski definition) is 5. The zero-order valence-electron chi connectivity index (χ0n) is 24.2. The number of nitrogens with zero attached hydrogens (tertiary/aromatic N) is 1. The van der Waals surface area contributed by atoms with Gasteiger partial charge in [0.25, 0.3) is 0 Å². The van der Waals surface area contributed by atoms with Gasteiger partial charge in [-0.2, -0.15) is 0 Å². The predicted molar refractivity (Wildman–Crippen MR) is 160 cm³/mol. The second-order valence-corrected chi connectivity index (χ2v) is 11.5. The quantitative estimate of drug-likeness (QED) is 0.201. The summed E-state index contributed by atoms with van der Waals surface area (Å²) >= 11 is 0. The van der Waals surface area contributed by atoms with Crippen LogP contribution < -0.4 is 9.47 Å². The molecule has 1 aliphatic carbocycles. The summed E-state index contributed by atoms with van der Waals surface area (Å²) in [4.78, 5) is 16.4. The molecule has 1 aliphatic rings. The lowest BCUT2D eigenvalue weighted by Crippen LogP contribution is -2.37. The highest BCUT2D eigenvalue weighted by molar-refractivity contribution is 5.76. The second-order valence-electron chi connectivity index (χ2n) is 11.5. The Morgan fingerprint density at radius 2 is 1.63 bits per heavy atom. The van der Waals surface area contributed by atoms with E-state index in [1.54, 1.807) is 19.9 Å². The Balaban J connectivity index is 1.26. The summed E-state index contributed by atoms with van der Waals surface area (Å²) in [6, 6.07) is 24.2. The van der Waals surface area contributed by atoms with E-state index in [0.717, 1.165) is 40.3 Å². The zero-order chi connectivity index (χ0) is 28.8. The van der Waals surface area contributed by atoms with Crippen LogP contribution in [0.4, 0.5) is 0 Å². The molecule has 6 heteroatoms. The van der Waals surface area contributed by atoms with Gasteiger partial charge >= 0.3 is 5.97 Å². The van der Waals surface area contributed by atoms with Crippen molar-refractivity contribution in [1.29, 1.82) is 0 Å². The van der Waals surface area contributed by atoms with E-state index in [1.165, 1.54) is 37.7 Å². The van der Waals surface area contributed by atoms with Gasteiger partial charge in [-0.05, 0) is 80.1 Å². The van der Waals surface area contributed by atoms with Crippen molar-refractivity contribution in [2.75, 3.05) is 6.61 Å². The van der Waals surface area contributed by atoms with Gasteiger partial charge < -0.3 is 19.0 Å². The van der Waals surface area contributed by atoms with Crippen LogP contribution in [0, 0.1) is 12.8 Å². The van der Waals surface area contributed by atoms with Gasteiger partial charge in [0.2, 0.25) is 5.89 Å². The zero-order valence-corrected chi connectivity index (χ0v) is 24.2.